The Morgan fingerprint density at radius 3 is 1.51 bits per heavy atom. The van der Waals surface area contributed by atoms with Crippen LogP contribution in [0.1, 0.15) is 54.0 Å². The summed E-state index contributed by atoms with van der Waals surface area (Å²) in [7, 11) is 0. The summed E-state index contributed by atoms with van der Waals surface area (Å²) < 4.78 is 77.7. The predicted molar refractivity (Wildman–Crippen MR) is 227 cm³/mol. The van der Waals surface area contributed by atoms with Gasteiger partial charge >= 0.3 is 325 Å². The van der Waals surface area contributed by atoms with Gasteiger partial charge in [0.15, 0.2) is 6.10 Å². The van der Waals surface area contributed by atoms with E-state index in [1.807, 2.05) is 36.4 Å². The van der Waals surface area contributed by atoms with Crippen molar-refractivity contribution in [3.8, 4) is 0 Å². The predicted octanol–water partition coefficient (Wildman–Crippen LogP) is -0.315. The number of aliphatic hydroxyl groups is 2. The first kappa shape index (κ1) is 53.9. The molecule has 0 amide bonds. The van der Waals surface area contributed by atoms with Gasteiger partial charge in [0.1, 0.15) is 6.61 Å². The Morgan fingerprint density at radius 2 is 0.971 bits per heavy atom. The SMILES string of the molecule is CC(=O)OC[C@H]1O[C@@H](O[C@H]2[C@H](O)[C@@H](CO)O[C@@H](OC[C@H]3O[C@@H]([Se]c4ccccc4)[C@H](OC(C)=O)[C@@H](OC(C)=O)[C@@H]3OCc3ccccc3)[C@@H]2OC(C)=O)[C@H](OC(C)=O)[C@@H](OC(C)=O)[C@@H]1OC(C)=O. The molecule has 2 N–H and O–H groups in total. The second kappa shape index (κ2) is 25.5. The van der Waals surface area contributed by atoms with Crippen LogP contribution < -0.4 is 4.46 Å². The van der Waals surface area contributed by atoms with E-state index in [-0.39, 0.29) is 6.61 Å². The third-order valence-corrected chi connectivity index (χ3v) is 12.7. The van der Waals surface area contributed by atoms with Crippen LogP contribution in [0.5, 0.6) is 0 Å². The molecule has 0 bridgehead atoms. The fourth-order valence-electron chi connectivity index (χ4n) is 7.64. The first-order valence-electron chi connectivity index (χ1n) is 21.4. The van der Waals surface area contributed by atoms with E-state index in [0.717, 1.165) is 44.6 Å². The summed E-state index contributed by atoms with van der Waals surface area (Å²) in [4.78, 5) is 87.6. The van der Waals surface area contributed by atoms with Crippen LogP contribution in [0.2, 0.25) is 0 Å². The van der Waals surface area contributed by atoms with Crippen molar-refractivity contribution < 1.29 is 105 Å². The van der Waals surface area contributed by atoms with E-state index in [0.29, 0.717) is 0 Å². The van der Waals surface area contributed by atoms with E-state index in [4.69, 9.17) is 61.6 Å². The number of aliphatic hydroxyl groups excluding tert-OH is 2. The zero-order valence-corrected chi connectivity index (χ0v) is 39.9. The first-order chi connectivity index (χ1) is 32.3. The van der Waals surface area contributed by atoms with Gasteiger partial charge in [0.05, 0.1) is 0 Å². The molecule has 3 heterocycles. The van der Waals surface area contributed by atoms with Crippen molar-refractivity contribution in [3.05, 3.63) is 66.2 Å². The Hall–Kier alpha value is -5.07. The molecule has 3 saturated heterocycles. The first-order valence-corrected chi connectivity index (χ1v) is 23.3. The summed E-state index contributed by atoms with van der Waals surface area (Å²) in [6.45, 7) is 5.60. The second-order valence-electron chi connectivity index (χ2n) is 15.7. The maximum atomic E-state index is 12.8. The van der Waals surface area contributed by atoms with Crippen LogP contribution in [0.25, 0.3) is 0 Å². The second-order valence-corrected chi connectivity index (χ2v) is 18.1. The number of hydrogen-bond donors (Lipinski definition) is 2. The van der Waals surface area contributed by atoms with Gasteiger partial charge in [-0.15, -0.1) is 0 Å². The molecule has 3 aliphatic rings. The minimum absolute atomic E-state index is 0.0366. The fourth-order valence-corrected chi connectivity index (χ4v) is 10.0. The van der Waals surface area contributed by atoms with Crippen molar-refractivity contribution in [3.63, 3.8) is 0 Å². The van der Waals surface area contributed by atoms with Crippen LogP contribution in [0, 0.1) is 0 Å². The Balaban J connectivity index is 1.53. The van der Waals surface area contributed by atoms with Crippen molar-refractivity contribution in [1.29, 1.82) is 0 Å². The van der Waals surface area contributed by atoms with Gasteiger partial charge in [-0.2, -0.15) is 0 Å². The summed E-state index contributed by atoms with van der Waals surface area (Å²) in [6.07, 6.45) is -21.8. The van der Waals surface area contributed by atoms with Crippen molar-refractivity contribution in [2.45, 2.75) is 146 Å². The van der Waals surface area contributed by atoms with E-state index in [2.05, 4.69) is 0 Å². The minimum atomic E-state index is -1.88. The van der Waals surface area contributed by atoms with E-state index in [1.54, 1.807) is 24.3 Å². The number of esters is 7. The van der Waals surface area contributed by atoms with Gasteiger partial charge in [0.2, 0.25) is 0 Å². The van der Waals surface area contributed by atoms with Gasteiger partial charge in [-0.05, 0) is 0 Å². The molecular formula is C45H56O22Se. The van der Waals surface area contributed by atoms with Crippen molar-refractivity contribution in [1.82, 2.24) is 0 Å². The topological polar surface area (TPSA) is 280 Å². The van der Waals surface area contributed by atoms with Crippen LogP contribution >= 0.6 is 0 Å². The van der Waals surface area contributed by atoms with E-state index in [1.165, 1.54) is 13.8 Å². The molecule has 23 heteroatoms. The fraction of sp³-hybridized carbons (Fsp3) is 0.578. The molecule has 0 unspecified atom stereocenters. The summed E-state index contributed by atoms with van der Waals surface area (Å²) >= 11 is -0.598. The van der Waals surface area contributed by atoms with Crippen LogP contribution in [0.15, 0.2) is 60.7 Å². The monoisotopic (exact) mass is 1030 g/mol. The maximum absolute atomic E-state index is 12.8. The van der Waals surface area contributed by atoms with Gasteiger partial charge in [-0.1, -0.05) is 0 Å². The number of hydrogen-bond acceptors (Lipinski definition) is 22. The van der Waals surface area contributed by atoms with Crippen LogP contribution in [-0.4, -0.2) is 178 Å². The Kier molecular flexibility index (Phi) is 20.2. The van der Waals surface area contributed by atoms with Gasteiger partial charge in [-0.3, -0.25) is 19.2 Å². The van der Waals surface area contributed by atoms with Gasteiger partial charge in [0, 0.05) is 27.7 Å². The number of benzene rings is 2. The summed E-state index contributed by atoms with van der Waals surface area (Å²) in [6, 6.07) is 18.2. The van der Waals surface area contributed by atoms with Gasteiger partial charge < -0.3 is 14.2 Å². The molecule has 2 aromatic rings. The molecule has 3 aliphatic heterocycles. The third-order valence-electron chi connectivity index (χ3n) is 10.2. The summed E-state index contributed by atoms with van der Waals surface area (Å²) in [5.74, 6) is -5.87. The summed E-state index contributed by atoms with van der Waals surface area (Å²) in [5.41, 5.74) is 0.723. The molecule has 15 atom stereocenters. The molecule has 0 radical (unpaired) electrons. The molecule has 22 nitrogen and oxygen atoms in total. The Morgan fingerprint density at radius 1 is 0.500 bits per heavy atom. The zero-order valence-electron chi connectivity index (χ0n) is 38.2. The molecule has 5 rings (SSSR count). The third kappa shape index (κ3) is 15.2. The molecule has 68 heavy (non-hydrogen) atoms. The molecule has 0 aliphatic carbocycles. The Labute approximate surface area is 397 Å². The Bertz CT molecular complexity index is 2020. The van der Waals surface area contributed by atoms with E-state index < -0.39 is 167 Å². The molecule has 0 saturated carbocycles. The number of rotatable bonds is 19. The van der Waals surface area contributed by atoms with Crippen molar-refractivity contribution in [2.24, 2.45) is 0 Å². The molecule has 3 fully saturated rings. The number of carbonyl (C=O) groups excluding carboxylic acids is 7. The zero-order chi connectivity index (χ0) is 49.7. The van der Waals surface area contributed by atoms with Crippen molar-refractivity contribution in [2.75, 3.05) is 19.8 Å². The molecule has 0 aromatic heterocycles. The summed E-state index contributed by atoms with van der Waals surface area (Å²) in [5, 5.41) is 21.3. The number of ether oxygens (including phenoxy) is 13. The average Bonchev–Trinajstić information content (AvgIpc) is 3.26. The minimum Gasteiger partial charge on any atom is -0.455 e. The number of carbonyl (C=O) groups is 7. The normalized spacial score (nSPS) is 31.3. The molecule has 0 spiro atoms. The quantitative estimate of drug-likeness (QED) is 0.104. The standard InChI is InChI=1S/C45H56O22Se/c1-22(47)55-20-33-36(58-23(2)48)39(60-25(4)50)41(62-27(6)52)44(65-33)67-37-34(54)31(18-46)64-43(40(37)61-26(5)51)57-21-32-35(56-19-29-14-10-8-11-15-29)38(59-24(3)49)42(63-28(7)53)45(66-32)68-30-16-12-9-13-17-30/h8-17,31-46,54H,18-21H2,1-7H3/t31-,32-,33-,34-,35-,36-,37+,38+,39+,40-,41-,42-,43-,44+,45+/m1/s1. The van der Waals surface area contributed by atoms with Gasteiger partial charge in [0.25, 0.3) is 0 Å². The smallest absolute Gasteiger partial charge is 0.455 e. The average molecular weight is 1030 g/mol. The van der Waals surface area contributed by atoms with Gasteiger partial charge in [-0.25, -0.2) is 0 Å². The van der Waals surface area contributed by atoms with Crippen LogP contribution in [0.3, 0.4) is 0 Å². The molecule has 2 aromatic carbocycles. The van der Waals surface area contributed by atoms with E-state index >= 15 is 0 Å². The van der Waals surface area contributed by atoms with Crippen molar-refractivity contribution >= 4 is 61.2 Å². The molecule has 374 valence electrons. The molecular weight excluding hydrogens is 971 g/mol. The van der Waals surface area contributed by atoms with Crippen LogP contribution in [0.4, 0.5) is 0 Å². The van der Waals surface area contributed by atoms with Crippen LogP contribution in [-0.2, 0) is 102 Å². The van der Waals surface area contributed by atoms with E-state index in [9.17, 15) is 43.8 Å².